The largest absolute Gasteiger partial charge is 0.276 e. The van der Waals surface area contributed by atoms with Gasteiger partial charge in [-0.25, -0.2) is 0 Å². The molecule has 1 N–H and O–H groups in total. The van der Waals surface area contributed by atoms with E-state index in [1.165, 1.54) is 10.9 Å². The van der Waals surface area contributed by atoms with Crippen molar-refractivity contribution in [1.29, 1.82) is 0 Å². The van der Waals surface area contributed by atoms with Crippen molar-refractivity contribution in [3.05, 3.63) is 66.0 Å². The summed E-state index contributed by atoms with van der Waals surface area (Å²) in [6, 6.07) is 16.7. The van der Waals surface area contributed by atoms with Gasteiger partial charge in [-0.05, 0) is 31.5 Å². The number of hydrogen-bond donors (Lipinski definition) is 1. The number of aromatic amines is 1. The first kappa shape index (κ1) is 12.1. The van der Waals surface area contributed by atoms with Gasteiger partial charge in [-0.3, -0.25) is 4.98 Å². The zero-order valence-electron chi connectivity index (χ0n) is 12.1. The van der Waals surface area contributed by atoms with Crippen LogP contribution in [0.25, 0.3) is 27.9 Å². The summed E-state index contributed by atoms with van der Waals surface area (Å²) < 4.78 is 2.14. The summed E-state index contributed by atoms with van der Waals surface area (Å²) in [5.74, 6) is 0. The van der Waals surface area contributed by atoms with Gasteiger partial charge in [0.15, 0.2) is 5.69 Å². The molecule has 0 saturated carbocycles. The first-order chi connectivity index (χ1) is 10.2. The molecule has 0 unspecified atom stereocenters. The van der Waals surface area contributed by atoms with Crippen molar-refractivity contribution in [2.24, 2.45) is 0 Å². The molecule has 0 atom stereocenters. The first-order valence-corrected chi connectivity index (χ1v) is 7.09. The number of nitrogens with one attached hydrogen (secondary N) is 1. The molecule has 3 heterocycles. The molecule has 1 aromatic carbocycles. The minimum Gasteiger partial charge on any atom is -0.276 e. The van der Waals surface area contributed by atoms with E-state index >= 15 is 0 Å². The number of pyridine rings is 2. The normalized spacial score (nSPS) is 11.3. The molecule has 0 aliphatic rings. The Morgan fingerprint density at radius 3 is 2.62 bits per heavy atom. The summed E-state index contributed by atoms with van der Waals surface area (Å²) in [5, 5.41) is 1.23. The lowest BCUT2D eigenvalue weighted by Crippen LogP contribution is -2.21. The molecule has 0 aliphatic carbocycles. The second-order valence-electron chi connectivity index (χ2n) is 5.45. The van der Waals surface area contributed by atoms with Crippen LogP contribution in [-0.2, 0) is 0 Å². The van der Waals surface area contributed by atoms with Crippen molar-refractivity contribution >= 4 is 16.7 Å². The fourth-order valence-corrected chi connectivity index (χ4v) is 2.88. The van der Waals surface area contributed by atoms with Crippen molar-refractivity contribution in [3.8, 4) is 11.3 Å². The second-order valence-corrected chi connectivity index (χ2v) is 5.45. The molecular formula is C18H16N3+. The van der Waals surface area contributed by atoms with Crippen LogP contribution in [0.15, 0.2) is 54.7 Å². The summed E-state index contributed by atoms with van der Waals surface area (Å²) in [6.45, 7) is 4.23. The Morgan fingerprint density at radius 2 is 1.81 bits per heavy atom. The Balaban J connectivity index is 2.06. The van der Waals surface area contributed by atoms with Crippen LogP contribution in [0.4, 0.5) is 0 Å². The van der Waals surface area contributed by atoms with E-state index in [1.807, 2.05) is 18.2 Å². The highest BCUT2D eigenvalue weighted by Gasteiger charge is 2.15. The SMILES string of the molecule is Cc1cc(C)c2ccc3nc(-c4ccccc4)c[n+]3c2[nH]1. The van der Waals surface area contributed by atoms with Gasteiger partial charge in [-0.1, -0.05) is 35.3 Å². The predicted octanol–water partition coefficient (Wildman–Crippen LogP) is 3.59. The number of H-pyrrole nitrogens is 1. The van der Waals surface area contributed by atoms with Crippen LogP contribution in [0.2, 0.25) is 0 Å². The van der Waals surface area contributed by atoms with Crippen LogP contribution < -0.4 is 4.40 Å². The minimum atomic E-state index is 0.961. The first-order valence-electron chi connectivity index (χ1n) is 7.09. The summed E-state index contributed by atoms with van der Waals surface area (Å²) in [5.41, 5.74) is 6.62. The molecule has 3 aromatic heterocycles. The van der Waals surface area contributed by atoms with Crippen molar-refractivity contribution < 1.29 is 4.40 Å². The van der Waals surface area contributed by atoms with Crippen LogP contribution in [0.3, 0.4) is 0 Å². The lowest BCUT2D eigenvalue weighted by molar-refractivity contribution is -0.481. The van der Waals surface area contributed by atoms with E-state index in [0.29, 0.717) is 0 Å². The average Bonchev–Trinajstić information content (AvgIpc) is 2.92. The molecule has 4 rings (SSSR count). The zero-order valence-corrected chi connectivity index (χ0v) is 12.1. The lowest BCUT2D eigenvalue weighted by Gasteiger charge is -2.01. The van der Waals surface area contributed by atoms with E-state index in [1.54, 1.807) is 0 Å². The van der Waals surface area contributed by atoms with Gasteiger partial charge in [0.25, 0.3) is 5.65 Å². The molecule has 0 radical (unpaired) electrons. The van der Waals surface area contributed by atoms with Gasteiger partial charge >= 0.3 is 0 Å². The maximum atomic E-state index is 4.74. The molecule has 0 aliphatic heterocycles. The van der Waals surface area contributed by atoms with Crippen LogP contribution >= 0.6 is 0 Å². The Hall–Kier alpha value is -2.68. The quantitative estimate of drug-likeness (QED) is 0.529. The number of imidazole rings is 1. The summed E-state index contributed by atoms with van der Waals surface area (Å²) in [4.78, 5) is 8.20. The standard InChI is InChI=1S/C18H15N3/c1-12-10-13(2)19-18-15(12)8-9-17-20-16(11-21(17)18)14-6-4-3-5-7-14/h3-11H,1-2H3/p+1. The molecule has 3 heteroatoms. The Labute approximate surface area is 122 Å². The van der Waals surface area contributed by atoms with Gasteiger partial charge in [0.05, 0.1) is 11.1 Å². The second kappa shape index (κ2) is 4.42. The van der Waals surface area contributed by atoms with Crippen LogP contribution in [-0.4, -0.2) is 9.97 Å². The molecule has 0 bridgehead atoms. The Bertz CT molecular complexity index is 952. The predicted molar refractivity (Wildman–Crippen MR) is 84.2 cm³/mol. The van der Waals surface area contributed by atoms with Crippen molar-refractivity contribution in [1.82, 2.24) is 9.97 Å². The maximum Gasteiger partial charge on any atom is 0.268 e. The Morgan fingerprint density at radius 1 is 1.00 bits per heavy atom. The third kappa shape index (κ3) is 1.89. The molecule has 0 fully saturated rings. The topological polar surface area (TPSA) is 32.8 Å². The molecule has 0 spiro atoms. The van der Waals surface area contributed by atoms with Gasteiger partial charge in [0.1, 0.15) is 6.20 Å². The fourth-order valence-electron chi connectivity index (χ4n) is 2.88. The third-order valence-electron chi connectivity index (χ3n) is 3.87. The molecule has 0 amide bonds. The van der Waals surface area contributed by atoms with E-state index in [9.17, 15) is 0 Å². The molecular weight excluding hydrogens is 258 g/mol. The van der Waals surface area contributed by atoms with E-state index in [0.717, 1.165) is 28.2 Å². The lowest BCUT2D eigenvalue weighted by atomic mass is 10.1. The number of rotatable bonds is 1. The van der Waals surface area contributed by atoms with Gasteiger partial charge < -0.3 is 0 Å². The molecule has 3 nitrogen and oxygen atoms in total. The van der Waals surface area contributed by atoms with Crippen LogP contribution in [0, 0.1) is 13.8 Å². The van der Waals surface area contributed by atoms with Crippen molar-refractivity contribution in [2.45, 2.75) is 13.8 Å². The average molecular weight is 274 g/mol. The van der Waals surface area contributed by atoms with Crippen LogP contribution in [0.1, 0.15) is 11.3 Å². The highest BCUT2D eigenvalue weighted by molar-refractivity contribution is 5.78. The third-order valence-corrected chi connectivity index (χ3v) is 3.87. The number of hydrogen-bond acceptors (Lipinski definition) is 1. The number of aromatic nitrogens is 3. The fraction of sp³-hybridized carbons (Fsp3) is 0.111. The van der Waals surface area contributed by atoms with Gasteiger partial charge in [-0.2, -0.15) is 4.40 Å². The van der Waals surface area contributed by atoms with Crippen molar-refractivity contribution in [3.63, 3.8) is 0 Å². The van der Waals surface area contributed by atoms with Gasteiger partial charge in [0.2, 0.25) is 5.65 Å². The van der Waals surface area contributed by atoms with E-state index in [-0.39, 0.29) is 0 Å². The van der Waals surface area contributed by atoms with E-state index in [4.69, 9.17) is 4.98 Å². The van der Waals surface area contributed by atoms with Gasteiger partial charge in [0, 0.05) is 11.6 Å². The monoisotopic (exact) mass is 274 g/mol. The molecule has 21 heavy (non-hydrogen) atoms. The molecule has 102 valence electrons. The molecule has 4 aromatic rings. The summed E-state index contributed by atoms with van der Waals surface area (Å²) in [6.07, 6.45) is 2.10. The maximum absolute atomic E-state index is 4.74. The number of benzene rings is 1. The van der Waals surface area contributed by atoms with Crippen LogP contribution in [0.5, 0.6) is 0 Å². The smallest absolute Gasteiger partial charge is 0.268 e. The molecule has 0 saturated heterocycles. The van der Waals surface area contributed by atoms with Gasteiger partial charge in [-0.15, -0.1) is 0 Å². The van der Waals surface area contributed by atoms with Crippen molar-refractivity contribution in [2.75, 3.05) is 0 Å². The number of nitrogens with zero attached hydrogens (tertiary/aromatic N) is 2. The minimum absolute atomic E-state index is 0.961. The number of fused-ring (bicyclic) bond motifs is 3. The highest BCUT2D eigenvalue weighted by atomic mass is 15.0. The highest BCUT2D eigenvalue weighted by Crippen LogP contribution is 2.19. The van der Waals surface area contributed by atoms with E-state index < -0.39 is 0 Å². The van der Waals surface area contributed by atoms with E-state index in [2.05, 4.69) is 59.8 Å². The summed E-state index contributed by atoms with van der Waals surface area (Å²) >= 11 is 0. The number of aryl methyl sites for hydroxylation is 2. The Kier molecular flexibility index (Phi) is 2.54. The summed E-state index contributed by atoms with van der Waals surface area (Å²) in [7, 11) is 0. The zero-order chi connectivity index (χ0) is 14.4.